The van der Waals surface area contributed by atoms with Gasteiger partial charge in [0, 0.05) is 25.2 Å². The van der Waals surface area contributed by atoms with Crippen molar-refractivity contribution in [2.75, 3.05) is 19.7 Å². The summed E-state index contributed by atoms with van der Waals surface area (Å²) in [6, 6.07) is 5.32. The van der Waals surface area contributed by atoms with E-state index in [1.807, 2.05) is 12.1 Å². The second kappa shape index (κ2) is 6.24. The molecule has 1 spiro atoms. The summed E-state index contributed by atoms with van der Waals surface area (Å²) in [5.41, 5.74) is -0.333. The Morgan fingerprint density at radius 1 is 1.38 bits per heavy atom. The van der Waals surface area contributed by atoms with Gasteiger partial charge in [-0.05, 0) is 25.0 Å². The Morgan fingerprint density at radius 3 is 3.12 bits per heavy atom. The third kappa shape index (κ3) is 2.99. The van der Waals surface area contributed by atoms with Crippen LogP contribution in [-0.4, -0.2) is 52.3 Å². The number of hydrogen-bond acceptors (Lipinski definition) is 6. The zero-order chi connectivity index (χ0) is 16.4. The highest BCUT2D eigenvalue weighted by Crippen LogP contribution is 2.36. The molecule has 0 aromatic carbocycles. The van der Waals surface area contributed by atoms with Crippen LogP contribution >= 0.6 is 0 Å². The minimum Gasteiger partial charge on any atom is -0.486 e. The van der Waals surface area contributed by atoms with E-state index >= 15 is 0 Å². The topological polar surface area (TPSA) is 77.7 Å². The molecule has 7 heteroatoms. The lowest BCUT2D eigenvalue weighted by Crippen LogP contribution is -2.50. The molecule has 0 bridgehead atoms. The molecule has 4 rings (SSSR count). The molecule has 2 saturated heterocycles. The quantitative estimate of drug-likeness (QED) is 0.856. The van der Waals surface area contributed by atoms with Crippen LogP contribution < -0.4 is 4.74 Å². The Kier molecular flexibility index (Phi) is 3.93. The number of carbonyl (C=O) groups excluding carboxylic acids is 1. The van der Waals surface area contributed by atoms with Crippen molar-refractivity contribution < 1.29 is 18.8 Å². The molecule has 2 unspecified atom stereocenters. The van der Waals surface area contributed by atoms with Gasteiger partial charge < -0.3 is 18.9 Å². The molecular formula is C17H19N3O4. The first-order valence-corrected chi connectivity index (χ1v) is 8.15. The maximum absolute atomic E-state index is 12.5. The molecule has 7 nitrogen and oxygen atoms in total. The smallest absolute Gasteiger partial charge is 0.292 e. The number of amides is 1. The van der Waals surface area contributed by atoms with Gasteiger partial charge in [0.2, 0.25) is 5.76 Å². The standard InChI is InChI=1S/C17H19N3O4/c21-16(15-4-7-19-24-15)20-8-2-5-17(12-20)9-14(11-22-17)23-13-3-1-6-18-10-13/h1,3-4,6-7,10,14H,2,5,8-9,11-12H2. The fraction of sp³-hybridized carbons (Fsp3) is 0.471. The fourth-order valence-corrected chi connectivity index (χ4v) is 3.53. The molecule has 2 aromatic rings. The van der Waals surface area contributed by atoms with Crippen LogP contribution in [0, 0.1) is 0 Å². The molecule has 2 aliphatic heterocycles. The highest BCUT2D eigenvalue weighted by atomic mass is 16.6. The minimum atomic E-state index is -0.333. The number of rotatable bonds is 3. The van der Waals surface area contributed by atoms with Gasteiger partial charge in [0.05, 0.1) is 31.1 Å². The predicted molar refractivity (Wildman–Crippen MR) is 83.6 cm³/mol. The lowest BCUT2D eigenvalue weighted by molar-refractivity contribution is -0.0460. The number of nitrogens with zero attached hydrogens (tertiary/aromatic N) is 3. The van der Waals surface area contributed by atoms with E-state index in [0.29, 0.717) is 19.7 Å². The van der Waals surface area contributed by atoms with Crippen molar-refractivity contribution in [3.05, 3.63) is 42.5 Å². The molecule has 2 fully saturated rings. The van der Waals surface area contributed by atoms with Crippen LogP contribution in [0.15, 0.2) is 41.3 Å². The maximum Gasteiger partial charge on any atom is 0.292 e. The van der Waals surface area contributed by atoms with Crippen molar-refractivity contribution in [3.63, 3.8) is 0 Å². The second-order valence-electron chi connectivity index (χ2n) is 6.33. The van der Waals surface area contributed by atoms with Gasteiger partial charge in [-0.2, -0.15) is 0 Å². The molecule has 0 radical (unpaired) electrons. The van der Waals surface area contributed by atoms with E-state index in [0.717, 1.165) is 25.0 Å². The molecule has 0 aliphatic carbocycles. The van der Waals surface area contributed by atoms with Gasteiger partial charge in [-0.15, -0.1) is 0 Å². The average molecular weight is 329 g/mol. The van der Waals surface area contributed by atoms with Crippen molar-refractivity contribution >= 4 is 5.91 Å². The molecule has 24 heavy (non-hydrogen) atoms. The first-order valence-electron chi connectivity index (χ1n) is 8.15. The zero-order valence-corrected chi connectivity index (χ0v) is 13.3. The molecular weight excluding hydrogens is 310 g/mol. The fourth-order valence-electron chi connectivity index (χ4n) is 3.53. The molecule has 0 N–H and O–H groups in total. The molecule has 0 saturated carbocycles. The Morgan fingerprint density at radius 2 is 2.33 bits per heavy atom. The van der Waals surface area contributed by atoms with E-state index in [4.69, 9.17) is 14.0 Å². The van der Waals surface area contributed by atoms with Gasteiger partial charge in [0.25, 0.3) is 5.91 Å². The number of piperidine rings is 1. The normalized spacial score (nSPS) is 26.7. The van der Waals surface area contributed by atoms with Gasteiger partial charge in [-0.25, -0.2) is 0 Å². The number of carbonyl (C=O) groups is 1. The van der Waals surface area contributed by atoms with Gasteiger partial charge in [0.15, 0.2) is 0 Å². The van der Waals surface area contributed by atoms with Gasteiger partial charge >= 0.3 is 0 Å². The van der Waals surface area contributed by atoms with Gasteiger partial charge in [-0.3, -0.25) is 9.78 Å². The highest BCUT2D eigenvalue weighted by Gasteiger charge is 2.45. The summed E-state index contributed by atoms with van der Waals surface area (Å²) in [6.07, 6.45) is 7.48. The number of aromatic nitrogens is 2. The number of ether oxygens (including phenoxy) is 2. The van der Waals surface area contributed by atoms with Crippen LogP contribution in [0.1, 0.15) is 29.8 Å². The number of hydrogen-bond donors (Lipinski definition) is 0. The largest absolute Gasteiger partial charge is 0.486 e. The monoisotopic (exact) mass is 329 g/mol. The Hall–Kier alpha value is -2.41. The van der Waals surface area contributed by atoms with Crippen molar-refractivity contribution in [3.8, 4) is 5.75 Å². The zero-order valence-electron chi connectivity index (χ0n) is 13.3. The number of likely N-dealkylation sites (tertiary alicyclic amines) is 1. The van der Waals surface area contributed by atoms with Crippen LogP contribution in [0.2, 0.25) is 0 Å². The first-order chi connectivity index (χ1) is 11.7. The molecule has 2 aromatic heterocycles. The van der Waals surface area contributed by atoms with E-state index in [1.165, 1.54) is 6.20 Å². The van der Waals surface area contributed by atoms with Crippen molar-refractivity contribution in [2.24, 2.45) is 0 Å². The predicted octanol–water partition coefficient (Wildman–Crippen LogP) is 1.91. The lowest BCUT2D eigenvalue weighted by atomic mass is 9.89. The molecule has 1 amide bonds. The van der Waals surface area contributed by atoms with Crippen LogP contribution in [0.3, 0.4) is 0 Å². The van der Waals surface area contributed by atoms with Gasteiger partial charge in [-0.1, -0.05) is 5.16 Å². The Bertz CT molecular complexity index is 691. The van der Waals surface area contributed by atoms with Crippen molar-refractivity contribution in [2.45, 2.75) is 31.0 Å². The molecule has 2 aliphatic rings. The van der Waals surface area contributed by atoms with Crippen LogP contribution in [-0.2, 0) is 4.74 Å². The van der Waals surface area contributed by atoms with Crippen LogP contribution in [0.4, 0.5) is 0 Å². The SMILES string of the molecule is O=C(c1ccno1)N1CCCC2(CC(Oc3cccnc3)CO2)C1. The summed E-state index contributed by atoms with van der Waals surface area (Å²) < 4.78 is 17.0. The Balaban J connectivity index is 1.41. The average Bonchev–Trinajstić information content (AvgIpc) is 3.26. The third-order valence-electron chi connectivity index (χ3n) is 4.59. The molecule has 2 atom stereocenters. The lowest BCUT2D eigenvalue weighted by Gasteiger charge is -2.39. The summed E-state index contributed by atoms with van der Waals surface area (Å²) >= 11 is 0. The van der Waals surface area contributed by atoms with Crippen molar-refractivity contribution in [1.29, 1.82) is 0 Å². The summed E-state index contributed by atoms with van der Waals surface area (Å²) in [7, 11) is 0. The highest BCUT2D eigenvalue weighted by molar-refractivity contribution is 5.91. The van der Waals surface area contributed by atoms with Gasteiger partial charge in [0.1, 0.15) is 11.9 Å². The summed E-state index contributed by atoms with van der Waals surface area (Å²) in [4.78, 5) is 18.3. The maximum atomic E-state index is 12.5. The van der Waals surface area contributed by atoms with E-state index in [9.17, 15) is 4.79 Å². The summed E-state index contributed by atoms with van der Waals surface area (Å²) in [6.45, 7) is 1.79. The van der Waals surface area contributed by atoms with E-state index in [-0.39, 0.29) is 23.4 Å². The van der Waals surface area contributed by atoms with Crippen molar-refractivity contribution in [1.82, 2.24) is 15.0 Å². The summed E-state index contributed by atoms with van der Waals surface area (Å²) in [5, 5.41) is 3.61. The van der Waals surface area contributed by atoms with E-state index < -0.39 is 0 Å². The molecule has 4 heterocycles. The number of pyridine rings is 1. The van der Waals surface area contributed by atoms with E-state index in [1.54, 1.807) is 23.4 Å². The minimum absolute atomic E-state index is 0.0190. The van der Waals surface area contributed by atoms with Crippen LogP contribution in [0.25, 0.3) is 0 Å². The summed E-state index contributed by atoms with van der Waals surface area (Å²) in [5.74, 6) is 0.883. The Labute approximate surface area is 139 Å². The van der Waals surface area contributed by atoms with Crippen LogP contribution in [0.5, 0.6) is 5.75 Å². The third-order valence-corrected chi connectivity index (χ3v) is 4.59. The molecule has 126 valence electrons. The first kappa shape index (κ1) is 15.1. The second-order valence-corrected chi connectivity index (χ2v) is 6.33. The van der Waals surface area contributed by atoms with E-state index in [2.05, 4.69) is 10.1 Å².